The topological polar surface area (TPSA) is 61.0 Å². The average Bonchev–Trinajstić information content (AvgIpc) is 3.17. The van der Waals surface area contributed by atoms with Crippen molar-refractivity contribution in [2.45, 2.75) is 13.0 Å². The van der Waals surface area contributed by atoms with Gasteiger partial charge in [-0.05, 0) is 31.6 Å². The number of hydrogen-bond acceptors (Lipinski definition) is 3. The van der Waals surface area contributed by atoms with Crippen molar-refractivity contribution >= 4 is 5.91 Å². The van der Waals surface area contributed by atoms with E-state index in [1.165, 1.54) is 5.56 Å². The summed E-state index contributed by atoms with van der Waals surface area (Å²) >= 11 is 0. The van der Waals surface area contributed by atoms with E-state index in [-0.39, 0.29) is 5.91 Å². The number of nitrogens with one attached hydrogen (secondary N) is 2. The molecule has 0 saturated carbocycles. The second-order valence-corrected chi connectivity index (χ2v) is 6.37. The van der Waals surface area contributed by atoms with E-state index in [9.17, 15) is 4.79 Å². The van der Waals surface area contributed by atoms with Gasteiger partial charge in [-0.15, -0.1) is 0 Å². The summed E-state index contributed by atoms with van der Waals surface area (Å²) in [4.78, 5) is 14.5. The highest BCUT2D eigenvalue weighted by molar-refractivity contribution is 5.93. The largest absolute Gasteiger partial charge is 0.351 e. The van der Waals surface area contributed by atoms with Crippen LogP contribution in [0.1, 0.15) is 22.5 Å². The Kier molecular flexibility index (Phi) is 6.17. The molecule has 0 bridgehead atoms. The smallest absolute Gasteiger partial charge is 0.269 e. The van der Waals surface area contributed by atoms with Gasteiger partial charge in [0.15, 0.2) is 0 Å². The highest BCUT2D eigenvalue weighted by Gasteiger charge is 2.10. The van der Waals surface area contributed by atoms with Gasteiger partial charge in [0.2, 0.25) is 0 Å². The lowest BCUT2D eigenvalue weighted by Gasteiger charge is -2.16. The molecule has 0 fully saturated rings. The first-order chi connectivity index (χ1) is 12.7. The number of H-pyrrole nitrogens is 1. The summed E-state index contributed by atoms with van der Waals surface area (Å²) in [5, 5.41) is 9.98. The SMILES string of the molecule is CN(CCCNC(=O)c1cc(-c2ccccc2)n[nH]1)Cc1ccccc1. The molecule has 2 aromatic carbocycles. The molecule has 0 aliphatic heterocycles. The quantitative estimate of drug-likeness (QED) is 0.614. The molecular formula is C21H24N4O. The van der Waals surface area contributed by atoms with Gasteiger partial charge in [-0.2, -0.15) is 5.10 Å². The molecule has 5 heteroatoms. The normalized spacial score (nSPS) is 10.8. The Morgan fingerprint density at radius 2 is 1.77 bits per heavy atom. The molecule has 0 atom stereocenters. The molecule has 1 amide bonds. The summed E-state index contributed by atoms with van der Waals surface area (Å²) in [6, 6.07) is 22.0. The summed E-state index contributed by atoms with van der Waals surface area (Å²) in [6.45, 7) is 2.47. The fourth-order valence-electron chi connectivity index (χ4n) is 2.82. The Balaban J connectivity index is 1.41. The van der Waals surface area contributed by atoms with E-state index >= 15 is 0 Å². The first-order valence-electron chi connectivity index (χ1n) is 8.84. The van der Waals surface area contributed by atoms with Crippen LogP contribution in [0.25, 0.3) is 11.3 Å². The third-order valence-corrected chi connectivity index (χ3v) is 4.19. The van der Waals surface area contributed by atoms with Gasteiger partial charge in [0.1, 0.15) is 5.69 Å². The van der Waals surface area contributed by atoms with Crippen molar-refractivity contribution in [3.63, 3.8) is 0 Å². The van der Waals surface area contributed by atoms with Crippen LogP contribution in [0.4, 0.5) is 0 Å². The van der Waals surface area contributed by atoms with Crippen molar-refractivity contribution in [2.75, 3.05) is 20.1 Å². The van der Waals surface area contributed by atoms with Crippen LogP contribution in [-0.2, 0) is 6.54 Å². The second-order valence-electron chi connectivity index (χ2n) is 6.37. The first kappa shape index (κ1) is 17.9. The van der Waals surface area contributed by atoms with Gasteiger partial charge in [-0.1, -0.05) is 60.7 Å². The Morgan fingerprint density at radius 3 is 2.50 bits per heavy atom. The Hall–Kier alpha value is -2.92. The van der Waals surface area contributed by atoms with Gasteiger partial charge in [0.05, 0.1) is 5.69 Å². The summed E-state index contributed by atoms with van der Waals surface area (Å²) in [5.41, 5.74) is 3.55. The van der Waals surface area contributed by atoms with Gasteiger partial charge in [0.25, 0.3) is 5.91 Å². The molecule has 26 heavy (non-hydrogen) atoms. The highest BCUT2D eigenvalue weighted by Crippen LogP contribution is 2.16. The third kappa shape index (κ3) is 5.04. The fourth-order valence-corrected chi connectivity index (χ4v) is 2.82. The van der Waals surface area contributed by atoms with E-state index in [4.69, 9.17) is 0 Å². The molecule has 0 aliphatic carbocycles. The molecule has 5 nitrogen and oxygen atoms in total. The molecule has 1 heterocycles. The monoisotopic (exact) mass is 348 g/mol. The van der Waals surface area contributed by atoms with E-state index in [0.717, 1.165) is 30.8 Å². The van der Waals surface area contributed by atoms with E-state index in [2.05, 4.69) is 51.7 Å². The van der Waals surface area contributed by atoms with Gasteiger partial charge < -0.3 is 10.2 Å². The van der Waals surface area contributed by atoms with Crippen LogP contribution < -0.4 is 5.32 Å². The lowest BCUT2D eigenvalue weighted by Crippen LogP contribution is -2.28. The minimum atomic E-state index is -0.120. The van der Waals surface area contributed by atoms with E-state index in [1.54, 1.807) is 6.07 Å². The average molecular weight is 348 g/mol. The maximum absolute atomic E-state index is 12.2. The van der Waals surface area contributed by atoms with Crippen molar-refractivity contribution in [2.24, 2.45) is 0 Å². The minimum Gasteiger partial charge on any atom is -0.351 e. The zero-order valence-corrected chi connectivity index (χ0v) is 15.0. The zero-order chi connectivity index (χ0) is 18.2. The van der Waals surface area contributed by atoms with Crippen molar-refractivity contribution in [3.8, 4) is 11.3 Å². The molecule has 0 unspecified atom stereocenters. The molecule has 0 radical (unpaired) electrons. The summed E-state index contributed by atoms with van der Waals surface area (Å²) in [7, 11) is 2.09. The zero-order valence-electron chi connectivity index (χ0n) is 15.0. The van der Waals surface area contributed by atoms with Gasteiger partial charge in [-0.25, -0.2) is 0 Å². The van der Waals surface area contributed by atoms with Crippen LogP contribution in [-0.4, -0.2) is 41.1 Å². The number of benzene rings is 2. The Bertz CT molecular complexity index is 814. The van der Waals surface area contributed by atoms with Crippen molar-refractivity contribution in [1.29, 1.82) is 0 Å². The predicted octanol–water partition coefficient (Wildman–Crippen LogP) is 3.33. The van der Waals surface area contributed by atoms with Crippen molar-refractivity contribution < 1.29 is 4.79 Å². The number of carbonyl (C=O) groups excluding carboxylic acids is 1. The number of amides is 1. The summed E-state index contributed by atoms with van der Waals surface area (Å²) in [5.74, 6) is -0.120. The standard InChI is InChI=1S/C21H24N4O/c1-25(16-17-9-4-2-5-10-17)14-8-13-22-21(26)20-15-19(23-24-20)18-11-6-3-7-12-18/h2-7,9-12,15H,8,13-14,16H2,1H3,(H,22,26)(H,23,24). The van der Waals surface area contributed by atoms with Crippen LogP contribution >= 0.6 is 0 Å². The predicted molar refractivity (Wildman–Crippen MR) is 104 cm³/mol. The maximum Gasteiger partial charge on any atom is 0.269 e. The van der Waals surface area contributed by atoms with Crippen LogP contribution in [0.15, 0.2) is 66.7 Å². The Labute approximate surface area is 154 Å². The van der Waals surface area contributed by atoms with Crippen molar-refractivity contribution in [3.05, 3.63) is 78.0 Å². The molecule has 0 spiro atoms. The molecule has 2 N–H and O–H groups in total. The number of aromatic nitrogens is 2. The van der Waals surface area contributed by atoms with Crippen LogP contribution in [0, 0.1) is 0 Å². The molecular weight excluding hydrogens is 324 g/mol. The minimum absolute atomic E-state index is 0.120. The summed E-state index contributed by atoms with van der Waals surface area (Å²) < 4.78 is 0. The second kappa shape index (κ2) is 8.97. The molecule has 1 aromatic heterocycles. The summed E-state index contributed by atoms with van der Waals surface area (Å²) in [6.07, 6.45) is 0.898. The molecule has 3 aromatic rings. The van der Waals surface area contributed by atoms with Gasteiger partial charge in [-0.3, -0.25) is 9.89 Å². The third-order valence-electron chi connectivity index (χ3n) is 4.19. The van der Waals surface area contributed by atoms with Crippen LogP contribution in [0.5, 0.6) is 0 Å². The van der Waals surface area contributed by atoms with E-state index < -0.39 is 0 Å². The van der Waals surface area contributed by atoms with Crippen molar-refractivity contribution in [1.82, 2.24) is 20.4 Å². The Morgan fingerprint density at radius 1 is 1.08 bits per heavy atom. The van der Waals surface area contributed by atoms with E-state index in [0.29, 0.717) is 12.2 Å². The lowest BCUT2D eigenvalue weighted by atomic mass is 10.1. The van der Waals surface area contributed by atoms with E-state index in [1.807, 2.05) is 36.4 Å². The first-order valence-corrected chi connectivity index (χ1v) is 8.84. The fraction of sp³-hybridized carbons (Fsp3) is 0.238. The number of nitrogens with zero attached hydrogens (tertiary/aromatic N) is 2. The van der Waals surface area contributed by atoms with Crippen LogP contribution in [0.3, 0.4) is 0 Å². The molecule has 0 saturated heterocycles. The maximum atomic E-state index is 12.2. The number of carbonyl (C=O) groups is 1. The number of rotatable bonds is 8. The molecule has 0 aliphatic rings. The van der Waals surface area contributed by atoms with Gasteiger partial charge in [0, 0.05) is 18.7 Å². The number of aromatic amines is 1. The van der Waals surface area contributed by atoms with Gasteiger partial charge >= 0.3 is 0 Å². The molecule has 3 rings (SSSR count). The van der Waals surface area contributed by atoms with Crippen LogP contribution in [0.2, 0.25) is 0 Å². The molecule has 134 valence electrons. The lowest BCUT2D eigenvalue weighted by molar-refractivity contribution is 0.0947. The highest BCUT2D eigenvalue weighted by atomic mass is 16.1. The number of hydrogen-bond donors (Lipinski definition) is 2.